The SMILES string of the molecule is CCOC(=N)C1=C(C#N)SC2=N/C(=C\c3ccco3)C(=O)N21. The van der Waals surface area contributed by atoms with Crippen LogP contribution in [0, 0.1) is 16.7 Å². The van der Waals surface area contributed by atoms with Crippen molar-refractivity contribution in [3.05, 3.63) is 40.5 Å². The highest BCUT2D eigenvalue weighted by Crippen LogP contribution is 2.40. The number of ether oxygens (including phenoxy) is 1. The van der Waals surface area contributed by atoms with E-state index in [9.17, 15) is 4.79 Å². The van der Waals surface area contributed by atoms with Crippen molar-refractivity contribution in [2.45, 2.75) is 6.92 Å². The summed E-state index contributed by atoms with van der Waals surface area (Å²) in [7, 11) is 0. The molecule has 1 amide bonds. The average Bonchev–Trinajstić information content (AvgIpc) is 3.18. The molecule has 1 aromatic rings. The fourth-order valence-electron chi connectivity index (χ4n) is 2.00. The van der Waals surface area contributed by atoms with E-state index in [0.717, 1.165) is 11.8 Å². The summed E-state index contributed by atoms with van der Waals surface area (Å²) >= 11 is 1.04. The Bertz CT molecular complexity index is 784. The van der Waals surface area contributed by atoms with Crippen LogP contribution in [-0.2, 0) is 9.53 Å². The van der Waals surface area contributed by atoms with Gasteiger partial charge in [0.05, 0.1) is 12.9 Å². The summed E-state index contributed by atoms with van der Waals surface area (Å²) in [5.74, 6) is -0.127. The number of nitrogens with zero attached hydrogens (tertiary/aromatic N) is 3. The van der Waals surface area contributed by atoms with Gasteiger partial charge in [-0.2, -0.15) is 5.26 Å². The number of fused-ring (bicyclic) bond motifs is 1. The van der Waals surface area contributed by atoms with Crippen molar-refractivity contribution in [1.82, 2.24) is 4.90 Å². The maximum absolute atomic E-state index is 12.5. The molecule has 1 N–H and O–H groups in total. The van der Waals surface area contributed by atoms with Gasteiger partial charge in [0, 0.05) is 6.08 Å². The molecule has 0 aromatic carbocycles. The molecule has 8 heteroatoms. The number of nitriles is 1. The van der Waals surface area contributed by atoms with E-state index in [2.05, 4.69) is 4.99 Å². The fraction of sp³-hybridized carbons (Fsp3) is 0.143. The molecule has 0 spiro atoms. The number of carbonyl (C=O) groups excluding carboxylic acids is 1. The van der Waals surface area contributed by atoms with Gasteiger partial charge in [0.2, 0.25) is 5.90 Å². The second-order valence-corrected chi connectivity index (χ2v) is 5.21. The Morgan fingerprint density at radius 2 is 2.50 bits per heavy atom. The number of nitrogens with one attached hydrogen (secondary N) is 1. The van der Waals surface area contributed by atoms with Crippen LogP contribution in [0.2, 0.25) is 0 Å². The summed E-state index contributed by atoms with van der Waals surface area (Å²) in [6, 6.07) is 5.38. The van der Waals surface area contributed by atoms with Gasteiger partial charge in [0.1, 0.15) is 28.1 Å². The second kappa shape index (κ2) is 5.54. The predicted octanol–water partition coefficient (Wildman–Crippen LogP) is 2.31. The predicted molar refractivity (Wildman–Crippen MR) is 80.5 cm³/mol. The number of amides is 1. The summed E-state index contributed by atoms with van der Waals surface area (Å²) in [5.41, 5.74) is 0.331. The van der Waals surface area contributed by atoms with E-state index in [0.29, 0.717) is 10.9 Å². The molecule has 2 aliphatic heterocycles. The molecule has 1 aromatic heterocycles. The molecule has 7 nitrogen and oxygen atoms in total. The van der Waals surface area contributed by atoms with Crippen LogP contribution in [0.4, 0.5) is 0 Å². The van der Waals surface area contributed by atoms with E-state index in [1.165, 1.54) is 17.2 Å². The first kappa shape index (κ1) is 14.2. The first-order valence-electron chi connectivity index (χ1n) is 6.38. The van der Waals surface area contributed by atoms with E-state index < -0.39 is 5.91 Å². The molecule has 110 valence electrons. The summed E-state index contributed by atoms with van der Waals surface area (Å²) in [6.07, 6.45) is 3.01. The first-order chi connectivity index (χ1) is 10.7. The van der Waals surface area contributed by atoms with Gasteiger partial charge in [0.25, 0.3) is 5.91 Å². The number of aliphatic imine (C=N–C) groups is 1. The number of hydrogen-bond donors (Lipinski definition) is 1. The van der Waals surface area contributed by atoms with Crippen LogP contribution in [-0.4, -0.2) is 28.5 Å². The van der Waals surface area contributed by atoms with Gasteiger partial charge in [-0.05, 0) is 30.8 Å². The number of rotatable bonds is 3. The highest BCUT2D eigenvalue weighted by Gasteiger charge is 2.43. The van der Waals surface area contributed by atoms with Gasteiger partial charge in [-0.25, -0.2) is 9.89 Å². The van der Waals surface area contributed by atoms with Crippen molar-refractivity contribution in [2.75, 3.05) is 6.61 Å². The van der Waals surface area contributed by atoms with Crippen molar-refractivity contribution in [3.8, 4) is 6.07 Å². The number of allylic oxidation sites excluding steroid dienone is 1. The van der Waals surface area contributed by atoms with Crippen LogP contribution in [0.1, 0.15) is 12.7 Å². The van der Waals surface area contributed by atoms with Crippen molar-refractivity contribution >= 4 is 34.8 Å². The molecule has 0 radical (unpaired) electrons. The third-order valence-corrected chi connectivity index (χ3v) is 3.83. The normalized spacial score (nSPS) is 18.5. The van der Waals surface area contributed by atoms with Crippen LogP contribution in [0.5, 0.6) is 0 Å². The number of carbonyl (C=O) groups is 1. The largest absolute Gasteiger partial charge is 0.477 e. The summed E-state index contributed by atoms with van der Waals surface area (Å²) < 4.78 is 10.3. The number of thioether (sulfide) groups is 1. The third kappa shape index (κ3) is 2.21. The number of amidine groups is 1. The molecule has 22 heavy (non-hydrogen) atoms. The Kier molecular flexibility index (Phi) is 3.56. The van der Waals surface area contributed by atoms with E-state index in [-0.39, 0.29) is 28.8 Å². The van der Waals surface area contributed by atoms with Crippen molar-refractivity contribution in [2.24, 2.45) is 4.99 Å². The van der Waals surface area contributed by atoms with Crippen LogP contribution in [0.15, 0.2) is 44.1 Å². The minimum Gasteiger partial charge on any atom is -0.477 e. The summed E-state index contributed by atoms with van der Waals surface area (Å²) in [6.45, 7) is 2.00. The van der Waals surface area contributed by atoms with Gasteiger partial charge in [0.15, 0.2) is 5.17 Å². The number of hydrogen-bond acceptors (Lipinski definition) is 7. The molecular formula is C14H10N4O3S. The highest BCUT2D eigenvalue weighted by atomic mass is 32.2. The molecule has 0 saturated heterocycles. The van der Waals surface area contributed by atoms with Gasteiger partial charge in [-0.15, -0.1) is 0 Å². The summed E-state index contributed by atoms with van der Waals surface area (Å²) in [4.78, 5) is 18.2. The van der Waals surface area contributed by atoms with Crippen LogP contribution in [0.25, 0.3) is 6.08 Å². The van der Waals surface area contributed by atoms with E-state index in [1.807, 2.05) is 6.07 Å². The van der Waals surface area contributed by atoms with Crippen LogP contribution >= 0.6 is 11.8 Å². The van der Waals surface area contributed by atoms with Crippen LogP contribution < -0.4 is 0 Å². The molecule has 3 heterocycles. The Morgan fingerprint density at radius 3 is 3.14 bits per heavy atom. The number of furan rings is 1. The van der Waals surface area contributed by atoms with Gasteiger partial charge < -0.3 is 9.15 Å². The van der Waals surface area contributed by atoms with E-state index in [1.54, 1.807) is 19.1 Å². The molecular weight excluding hydrogens is 304 g/mol. The Balaban J connectivity index is 1.96. The quantitative estimate of drug-likeness (QED) is 0.524. The Morgan fingerprint density at radius 1 is 1.68 bits per heavy atom. The molecule has 2 aliphatic rings. The molecule has 0 unspecified atom stereocenters. The monoisotopic (exact) mass is 314 g/mol. The van der Waals surface area contributed by atoms with Gasteiger partial charge in [-0.3, -0.25) is 10.2 Å². The lowest BCUT2D eigenvalue weighted by molar-refractivity contribution is -0.121. The average molecular weight is 314 g/mol. The topological polar surface area (TPSA) is 103 Å². The van der Waals surface area contributed by atoms with Crippen molar-refractivity contribution in [1.29, 1.82) is 10.7 Å². The van der Waals surface area contributed by atoms with Crippen molar-refractivity contribution < 1.29 is 13.9 Å². The summed E-state index contributed by atoms with van der Waals surface area (Å²) in [5, 5.41) is 17.4. The first-order valence-corrected chi connectivity index (χ1v) is 7.19. The Hall–Kier alpha value is -2.79. The minimum absolute atomic E-state index is 0.140. The highest BCUT2D eigenvalue weighted by molar-refractivity contribution is 8.17. The van der Waals surface area contributed by atoms with Gasteiger partial charge >= 0.3 is 0 Å². The lowest BCUT2D eigenvalue weighted by atomic mass is 10.3. The zero-order valence-electron chi connectivity index (χ0n) is 11.5. The molecule has 0 saturated carbocycles. The smallest absolute Gasteiger partial charge is 0.283 e. The second-order valence-electron chi connectivity index (χ2n) is 4.23. The molecule has 3 rings (SSSR count). The Labute approximate surface area is 130 Å². The molecule has 0 fully saturated rings. The zero-order chi connectivity index (χ0) is 15.7. The maximum Gasteiger partial charge on any atom is 0.283 e. The van der Waals surface area contributed by atoms with Crippen LogP contribution in [0.3, 0.4) is 0 Å². The van der Waals surface area contributed by atoms with E-state index in [4.69, 9.17) is 19.8 Å². The zero-order valence-corrected chi connectivity index (χ0v) is 12.3. The van der Waals surface area contributed by atoms with Crippen molar-refractivity contribution in [3.63, 3.8) is 0 Å². The lowest BCUT2D eigenvalue weighted by Crippen LogP contribution is -2.31. The maximum atomic E-state index is 12.5. The molecule has 0 bridgehead atoms. The molecule has 0 atom stereocenters. The van der Waals surface area contributed by atoms with E-state index >= 15 is 0 Å². The fourth-order valence-corrected chi connectivity index (χ4v) is 2.92. The standard InChI is InChI=1S/C14H10N4O3S/c1-2-20-12(16)11-10(7-15)22-14-17-9(13(19)18(11)14)6-8-4-3-5-21-8/h3-6,16H,2H2,1H3/b9-6-,16-12?. The minimum atomic E-state index is -0.413. The molecule has 0 aliphatic carbocycles. The lowest BCUT2D eigenvalue weighted by Gasteiger charge is -2.14. The third-order valence-electron chi connectivity index (χ3n) is 2.89. The van der Waals surface area contributed by atoms with Gasteiger partial charge in [-0.1, -0.05) is 0 Å².